The first-order valence-corrected chi connectivity index (χ1v) is 6.80. The molecule has 0 bridgehead atoms. The first kappa shape index (κ1) is 15.5. The van der Waals surface area contributed by atoms with Crippen LogP contribution in [0.2, 0.25) is 10.0 Å². The highest BCUT2D eigenvalue weighted by Gasteiger charge is 2.03. The number of thiocarbonyl (C=S) groups is 1. The van der Waals surface area contributed by atoms with Crippen LogP contribution in [0.3, 0.4) is 0 Å². The van der Waals surface area contributed by atoms with Gasteiger partial charge in [0.1, 0.15) is 0 Å². The molecule has 0 aliphatic carbocycles. The maximum Gasteiger partial charge on any atom is 0.170 e. The summed E-state index contributed by atoms with van der Waals surface area (Å²) in [6, 6.07) is 5.22. The van der Waals surface area contributed by atoms with Crippen LogP contribution in [0.5, 0.6) is 0 Å². The fraction of sp³-hybridized carbons (Fsp3) is 0.417. The summed E-state index contributed by atoms with van der Waals surface area (Å²) in [4.78, 5) is 2.13. The molecule has 0 saturated heterocycles. The van der Waals surface area contributed by atoms with Crippen LogP contribution >= 0.6 is 35.4 Å². The first-order valence-electron chi connectivity index (χ1n) is 5.63. The van der Waals surface area contributed by atoms with Gasteiger partial charge in [0.2, 0.25) is 0 Å². The summed E-state index contributed by atoms with van der Waals surface area (Å²) in [7, 11) is 4.09. The molecule has 0 unspecified atom stereocenters. The predicted octanol–water partition coefficient (Wildman–Crippen LogP) is 3.23. The highest BCUT2D eigenvalue weighted by atomic mass is 35.5. The maximum atomic E-state index is 6.03. The molecule has 0 spiro atoms. The van der Waals surface area contributed by atoms with Crippen molar-refractivity contribution >= 4 is 46.2 Å². The lowest BCUT2D eigenvalue weighted by molar-refractivity contribution is 0.400. The van der Waals surface area contributed by atoms with Crippen LogP contribution in [-0.4, -0.2) is 37.2 Å². The molecule has 6 heteroatoms. The van der Waals surface area contributed by atoms with Crippen LogP contribution < -0.4 is 10.6 Å². The minimum Gasteiger partial charge on any atom is -0.362 e. The number of hydrogen-bond acceptors (Lipinski definition) is 2. The summed E-state index contributed by atoms with van der Waals surface area (Å²) < 4.78 is 0. The molecule has 0 aromatic heterocycles. The Hall–Kier alpha value is -0.550. The molecule has 3 nitrogen and oxygen atoms in total. The average molecular weight is 306 g/mol. The van der Waals surface area contributed by atoms with Gasteiger partial charge in [-0.3, -0.25) is 0 Å². The summed E-state index contributed by atoms with van der Waals surface area (Å²) in [5.74, 6) is 0. The van der Waals surface area contributed by atoms with Gasteiger partial charge in [0, 0.05) is 11.6 Å². The van der Waals surface area contributed by atoms with Gasteiger partial charge in [-0.2, -0.15) is 0 Å². The average Bonchev–Trinajstić information content (AvgIpc) is 2.29. The third-order valence-electron chi connectivity index (χ3n) is 2.24. The van der Waals surface area contributed by atoms with E-state index in [0.717, 1.165) is 19.5 Å². The Balaban J connectivity index is 2.38. The van der Waals surface area contributed by atoms with Crippen molar-refractivity contribution in [1.82, 2.24) is 10.2 Å². The fourth-order valence-corrected chi connectivity index (χ4v) is 1.91. The Bertz CT molecular complexity index is 410. The van der Waals surface area contributed by atoms with E-state index in [1.807, 2.05) is 14.1 Å². The second-order valence-electron chi connectivity index (χ2n) is 4.16. The van der Waals surface area contributed by atoms with Gasteiger partial charge in [0.15, 0.2) is 5.11 Å². The van der Waals surface area contributed by atoms with Crippen LogP contribution in [0.1, 0.15) is 6.42 Å². The van der Waals surface area contributed by atoms with E-state index in [9.17, 15) is 0 Å². The highest BCUT2D eigenvalue weighted by Crippen LogP contribution is 2.25. The third-order valence-corrected chi connectivity index (χ3v) is 3.06. The van der Waals surface area contributed by atoms with Crippen molar-refractivity contribution in [2.24, 2.45) is 0 Å². The van der Waals surface area contributed by atoms with Crippen molar-refractivity contribution < 1.29 is 0 Å². The topological polar surface area (TPSA) is 27.3 Å². The van der Waals surface area contributed by atoms with Crippen molar-refractivity contribution in [1.29, 1.82) is 0 Å². The predicted molar refractivity (Wildman–Crippen MR) is 83.9 cm³/mol. The van der Waals surface area contributed by atoms with E-state index in [1.165, 1.54) is 0 Å². The number of nitrogens with one attached hydrogen (secondary N) is 2. The van der Waals surface area contributed by atoms with Crippen molar-refractivity contribution in [3.63, 3.8) is 0 Å². The number of benzene rings is 1. The molecule has 0 aliphatic heterocycles. The molecule has 0 aliphatic rings. The Morgan fingerprint density at radius 1 is 1.33 bits per heavy atom. The first-order chi connectivity index (χ1) is 8.49. The molecular formula is C12H17Cl2N3S. The number of nitrogens with zero attached hydrogens (tertiary/aromatic N) is 1. The Morgan fingerprint density at radius 3 is 2.72 bits per heavy atom. The maximum absolute atomic E-state index is 6.03. The van der Waals surface area contributed by atoms with Crippen LogP contribution in [0, 0.1) is 0 Å². The highest BCUT2D eigenvalue weighted by molar-refractivity contribution is 7.80. The molecule has 1 aromatic carbocycles. The zero-order valence-corrected chi connectivity index (χ0v) is 12.8. The number of halogens is 2. The van der Waals surface area contributed by atoms with Gasteiger partial charge in [-0.05, 0) is 57.5 Å². The molecule has 0 fully saturated rings. The third kappa shape index (κ3) is 5.87. The van der Waals surface area contributed by atoms with Gasteiger partial charge in [0.25, 0.3) is 0 Å². The van der Waals surface area contributed by atoms with E-state index in [1.54, 1.807) is 18.2 Å². The quantitative estimate of drug-likeness (QED) is 0.645. The molecule has 0 amide bonds. The van der Waals surface area contributed by atoms with Crippen LogP contribution in [0.4, 0.5) is 5.69 Å². The summed E-state index contributed by atoms with van der Waals surface area (Å²) in [6.07, 6.45) is 1.03. The summed E-state index contributed by atoms with van der Waals surface area (Å²) in [5, 5.41) is 7.93. The smallest absolute Gasteiger partial charge is 0.170 e. The molecule has 1 rings (SSSR count). The van der Waals surface area contributed by atoms with Crippen LogP contribution in [-0.2, 0) is 0 Å². The van der Waals surface area contributed by atoms with Crippen molar-refractivity contribution in [2.45, 2.75) is 6.42 Å². The zero-order valence-electron chi connectivity index (χ0n) is 10.5. The van der Waals surface area contributed by atoms with Crippen molar-refractivity contribution in [2.75, 3.05) is 32.5 Å². The molecule has 0 heterocycles. The number of anilines is 1. The van der Waals surface area contributed by atoms with Gasteiger partial charge < -0.3 is 15.5 Å². The van der Waals surface area contributed by atoms with Crippen molar-refractivity contribution in [3.05, 3.63) is 28.2 Å². The van der Waals surface area contributed by atoms with E-state index in [-0.39, 0.29) is 0 Å². The molecule has 100 valence electrons. The lowest BCUT2D eigenvalue weighted by Crippen LogP contribution is -2.30. The monoisotopic (exact) mass is 305 g/mol. The minimum atomic E-state index is 0.554. The molecule has 1 aromatic rings. The van der Waals surface area contributed by atoms with E-state index < -0.39 is 0 Å². The van der Waals surface area contributed by atoms with Gasteiger partial charge >= 0.3 is 0 Å². The lowest BCUT2D eigenvalue weighted by atomic mass is 10.3. The second kappa shape index (κ2) is 7.79. The molecule has 18 heavy (non-hydrogen) atoms. The van der Waals surface area contributed by atoms with E-state index in [0.29, 0.717) is 20.8 Å². The molecular weight excluding hydrogens is 289 g/mol. The Kier molecular flexibility index (Phi) is 6.71. The number of rotatable bonds is 5. The number of hydrogen-bond donors (Lipinski definition) is 2. The largest absolute Gasteiger partial charge is 0.362 e. The van der Waals surface area contributed by atoms with Gasteiger partial charge in [0.05, 0.1) is 10.7 Å². The van der Waals surface area contributed by atoms with Crippen LogP contribution in [0.15, 0.2) is 18.2 Å². The molecule has 0 saturated carbocycles. The summed E-state index contributed by atoms with van der Waals surface area (Å²) in [6.45, 7) is 1.84. The molecule has 2 N–H and O–H groups in total. The van der Waals surface area contributed by atoms with Crippen molar-refractivity contribution in [3.8, 4) is 0 Å². The second-order valence-corrected chi connectivity index (χ2v) is 5.41. The Morgan fingerprint density at radius 2 is 2.06 bits per heavy atom. The molecule has 0 atom stereocenters. The van der Waals surface area contributed by atoms with E-state index in [2.05, 4.69) is 15.5 Å². The fourth-order valence-electron chi connectivity index (χ4n) is 1.36. The van der Waals surface area contributed by atoms with E-state index in [4.69, 9.17) is 35.4 Å². The minimum absolute atomic E-state index is 0.554. The van der Waals surface area contributed by atoms with E-state index >= 15 is 0 Å². The Labute approximate surface area is 123 Å². The molecule has 0 radical (unpaired) electrons. The SMILES string of the molecule is CN(C)CCCNC(=S)Nc1cc(Cl)ccc1Cl. The lowest BCUT2D eigenvalue weighted by Gasteiger charge is -2.13. The summed E-state index contributed by atoms with van der Waals surface area (Å²) in [5.41, 5.74) is 0.717. The van der Waals surface area contributed by atoms with Gasteiger partial charge in [-0.25, -0.2) is 0 Å². The zero-order chi connectivity index (χ0) is 13.5. The van der Waals surface area contributed by atoms with Gasteiger partial charge in [-0.1, -0.05) is 23.2 Å². The van der Waals surface area contributed by atoms with Crippen LogP contribution in [0.25, 0.3) is 0 Å². The standard InChI is InChI=1S/C12H17Cl2N3S/c1-17(2)7-3-6-15-12(18)16-11-8-9(13)4-5-10(11)14/h4-5,8H,3,6-7H2,1-2H3,(H2,15,16,18). The normalized spacial score (nSPS) is 10.5. The van der Waals surface area contributed by atoms with Gasteiger partial charge in [-0.15, -0.1) is 0 Å². The summed E-state index contributed by atoms with van der Waals surface area (Å²) >= 11 is 17.1.